The van der Waals surface area contributed by atoms with Crippen molar-refractivity contribution in [1.82, 2.24) is 9.97 Å². The molecule has 1 aromatic carbocycles. The van der Waals surface area contributed by atoms with Crippen LogP contribution in [0.1, 0.15) is 22.5 Å². The van der Waals surface area contributed by atoms with Gasteiger partial charge in [0.05, 0.1) is 16.9 Å². The second-order valence-electron chi connectivity index (χ2n) is 6.64. The predicted molar refractivity (Wildman–Crippen MR) is 102 cm³/mol. The van der Waals surface area contributed by atoms with Crippen LogP contribution in [0.5, 0.6) is 0 Å². The number of aromatic amines is 1. The fourth-order valence-electron chi connectivity index (χ4n) is 3.52. The highest BCUT2D eigenvalue weighted by atomic mass is 16.5. The summed E-state index contributed by atoms with van der Waals surface area (Å²) < 4.78 is 0. The minimum Gasteiger partial charge on any atom is -0.396 e. The van der Waals surface area contributed by atoms with Gasteiger partial charge in [0.25, 0.3) is 0 Å². The molecule has 7 heteroatoms. The molecule has 1 aliphatic rings. The van der Waals surface area contributed by atoms with E-state index in [1.807, 2.05) is 41.9 Å². The Hall–Kier alpha value is -3.16. The van der Waals surface area contributed by atoms with Crippen LogP contribution in [-0.2, 0) is 6.42 Å². The standard InChI is InChI=1S/C20H20N4O3/c25-11-12-8-15-18(16(26)9-12)20(22-14-4-2-1-3-5-14)19(23-15)13-6-7-21-17(10-13)24-27/h1-7,10,12,22-23,25,27H,8-9,11H2,(H,21,24). The molecule has 1 atom stereocenters. The number of Topliss-reactive ketones (excluding diaryl/α,β-unsaturated/α-hetero) is 1. The Bertz CT molecular complexity index is 969. The Kier molecular flexibility index (Phi) is 4.62. The van der Waals surface area contributed by atoms with Gasteiger partial charge in [0.1, 0.15) is 5.82 Å². The quantitative estimate of drug-likeness (QED) is 0.444. The summed E-state index contributed by atoms with van der Waals surface area (Å²) in [6, 6.07) is 13.1. The number of rotatable bonds is 5. The molecule has 1 aliphatic carbocycles. The lowest BCUT2D eigenvalue weighted by Crippen LogP contribution is -2.22. The van der Waals surface area contributed by atoms with Crippen molar-refractivity contribution in [1.29, 1.82) is 0 Å². The van der Waals surface area contributed by atoms with E-state index in [-0.39, 0.29) is 18.3 Å². The van der Waals surface area contributed by atoms with Crippen molar-refractivity contribution in [2.45, 2.75) is 12.8 Å². The number of nitrogens with one attached hydrogen (secondary N) is 3. The number of aromatic nitrogens is 2. The van der Waals surface area contributed by atoms with Gasteiger partial charge in [-0.05, 0) is 36.6 Å². The number of aliphatic hydroxyl groups is 1. The van der Waals surface area contributed by atoms with Crippen molar-refractivity contribution < 1.29 is 15.1 Å². The lowest BCUT2D eigenvalue weighted by atomic mass is 9.86. The summed E-state index contributed by atoms with van der Waals surface area (Å²) in [5, 5.41) is 22.0. The number of anilines is 3. The van der Waals surface area contributed by atoms with E-state index >= 15 is 0 Å². The third-order valence-electron chi connectivity index (χ3n) is 4.79. The number of ketones is 1. The summed E-state index contributed by atoms with van der Waals surface area (Å²) in [5.41, 5.74) is 6.59. The number of fused-ring (bicyclic) bond motifs is 1. The highest BCUT2D eigenvalue weighted by molar-refractivity contribution is 6.07. The van der Waals surface area contributed by atoms with E-state index in [4.69, 9.17) is 5.21 Å². The number of nitrogens with zero attached hydrogens (tertiary/aromatic N) is 1. The van der Waals surface area contributed by atoms with Gasteiger partial charge >= 0.3 is 0 Å². The van der Waals surface area contributed by atoms with Crippen LogP contribution < -0.4 is 10.8 Å². The monoisotopic (exact) mass is 364 g/mol. The van der Waals surface area contributed by atoms with Crippen LogP contribution in [-0.4, -0.2) is 32.7 Å². The molecule has 138 valence electrons. The topological polar surface area (TPSA) is 110 Å². The molecule has 0 saturated carbocycles. The lowest BCUT2D eigenvalue weighted by molar-refractivity contribution is 0.0919. The normalized spacial score (nSPS) is 16.1. The average Bonchev–Trinajstić information content (AvgIpc) is 3.07. The zero-order valence-corrected chi connectivity index (χ0v) is 14.6. The molecule has 0 spiro atoms. The number of hydrogen-bond acceptors (Lipinski definition) is 6. The van der Waals surface area contributed by atoms with E-state index in [2.05, 4.69) is 15.3 Å². The maximum absolute atomic E-state index is 12.8. The minimum atomic E-state index is -0.0758. The Morgan fingerprint density at radius 1 is 1.19 bits per heavy atom. The molecule has 1 unspecified atom stereocenters. The Labute approximate surface area is 156 Å². The van der Waals surface area contributed by atoms with Gasteiger partial charge in [0.2, 0.25) is 0 Å². The fraction of sp³-hybridized carbons (Fsp3) is 0.200. The number of aliphatic hydroxyl groups excluding tert-OH is 1. The number of carbonyl (C=O) groups excluding carboxylic acids is 1. The SMILES string of the molecule is O=C1CC(CO)Cc2[nH]c(-c3ccnc(NO)c3)c(Nc3ccccc3)c21. The first-order chi connectivity index (χ1) is 13.2. The molecular weight excluding hydrogens is 344 g/mol. The van der Waals surface area contributed by atoms with Crippen molar-refractivity contribution in [3.8, 4) is 11.3 Å². The van der Waals surface area contributed by atoms with E-state index in [0.29, 0.717) is 29.9 Å². The van der Waals surface area contributed by atoms with E-state index in [0.717, 1.165) is 22.6 Å². The summed E-state index contributed by atoms with van der Waals surface area (Å²) >= 11 is 0. The first kappa shape index (κ1) is 17.3. The lowest BCUT2D eigenvalue weighted by Gasteiger charge is -2.20. The van der Waals surface area contributed by atoms with E-state index in [9.17, 15) is 9.90 Å². The van der Waals surface area contributed by atoms with Crippen molar-refractivity contribution in [3.63, 3.8) is 0 Å². The molecule has 3 aromatic rings. The van der Waals surface area contributed by atoms with Crippen LogP contribution in [0.2, 0.25) is 0 Å². The average molecular weight is 364 g/mol. The van der Waals surface area contributed by atoms with Crippen LogP contribution in [0.25, 0.3) is 11.3 Å². The molecule has 0 bridgehead atoms. The van der Waals surface area contributed by atoms with Gasteiger partial charge in [-0.3, -0.25) is 15.5 Å². The van der Waals surface area contributed by atoms with Crippen molar-refractivity contribution in [2.75, 3.05) is 17.4 Å². The Balaban J connectivity index is 1.85. The van der Waals surface area contributed by atoms with E-state index < -0.39 is 0 Å². The smallest absolute Gasteiger partial charge is 0.167 e. The first-order valence-electron chi connectivity index (χ1n) is 8.77. The van der Waals surface area contributed by atoms with Crippen LogP contribution >= 0.6 is 0 Å². The molecule has 2 heterocycles. The van der Waals surface area contributed by atoms with Gasteiger partial charge < -0.3 is 15.4 Å². The second-order valence-corrected chi connectivity index (χ2v) is 6.64. The number of carbonyl (C=O) groups is 1. The molecule has 2 aromatic heterocycles. The number of H-pyrrole nitrogens is 1. The first-order valence-corrected chi connectivity index (χ1v) is 8.77. The van der Waals surface area contributed by atoms with Crippen LogP contribution in [0.4, 0.5) is 17.2 Å². The van der Waals surface area contributed by atoms with Crippen molar-refractivity contribution in [2.24, 2.45) is 5.92 Å². The minimum absolute atomic E-state index is 0.00536. The zero-order valence-electron chi connectivity index (χ0n) is 14.6. The number of para-hydroxylation sites is 1. The molecule has 0 saturated heterocycles. The molecule has 0 fully saturated rings. The highest BCUT2D eigenvalue weighted by Crippen LogP contribution is 2.40. The maximum atomic E-state index is 12.8. The number of benzene rings is 1. The van der Waals surface area contributed by atoms with E-state index in [1.165, 1.54) is 0 Å². The third-order valence-corrected chi connectivity index (χ3v) is 4.79. The molecule has 5 N–H and O–H groups in total. The van der Waals surface area contributed by atoms with Gasteiger partial charge in [0.15, 0.2) is 5.78 Å². The summed E-state index contributed by atoms with van der Waals surface area (Å²) in [6.07, 6.45) is 2.51. The number of hydrogen-bond donors (Lipinski definition) is 5. The van der Waals surface area contributed by atoms with Gasteiger partial charge in [-0.15, -0.1) is 0 Å². The Morgan fingerprint density at radius 3 is 2.74 bits per heavy atom. The van der Waals surface area contributed by atoms with E-state index in [1.54, 1.807) is 12.3 Å². The van der Waals surface area contributed by atoms with Gasteiger partial charge in [-0.25, -0.2) is 4.98 Å². The molecule has 0 radical (unpaired) electrons. The van der Waals surface area contributed by atoms with Crippen LogP contribution in [0, 0.1) is 5.92 Å². The Morgan fingerprint density at radius 2 is 2.00 bits per heavy atom. The molecule has 4 rings (SSSR count). The van der Waals surface area contributed by atoms with Crippen molar-refractivity contribution >= 4 is 23.0 Å². The molecule has 27 heavy (non-hydrogen) atoms. The summed E-state index contributed by atoms with van der Waals surface area (Å²) in [7, 11) is 0. The third kappa shape index (κ3) is 3.30. The second kappa shape index (κ2) is 7.22. The molecular formula is C20H20N4O3. The van der Waals surface area contributed by atoms with Gasteiger partial charge in [-0.1, -0.05) is 18.2 Å². The van der Waals surface area contributed by atoms with Crippen LogP contribution in [0.3, 0.4) is 0 Å². The van der Waals surface area contributed by atoms with Gasteiger partial charge in [-0.2, -0.15) is 0 Å². The van der Waals surface area contributed by atoms with Crippen LogP contribution in [0.15, 0.2) is 48.7 Å². The summed E-state index contributed by atoms with van der Waals surface area (Å²) in [5.74, 6) is 0.240. The fourth-order valence-corrected chi connectivity index (χ4v) is 3.52. The predicted octanol–water partition coefficient (Wildman–Crippen LogP) is 3.36. The summed E-state index contributed by atoms with van der Waals surface area (Å²) in [6.45, 7) is -0.0190. The largest absolute Gasteiger partial charge is 0.396 e. The van der Waals surface area contributed by atoms with Crippen molar-refractivity contribution in [3.05, 3.63) is 59.9 Å². The number of pyridine rings is 1. The summed E-state index contributed by atoms with van der Waals surface area (Å²) in [4.78, 5) is 20.2. The molecule has 0 aliphatic heterocycles. The van der Waals surface area contributed by atoms with Gasteiger partial charge in [0, 0.05) is 36.2 Å². The highest BCUT2D eigenvalue weighted by Gasteiger charge is 2.31. The zero-order chi connectivity index (χ0) is 18.8. The maximum Gasteiger partial charge on any atom is 0.167 e. The molecule has 0 amide bonds. The molecule has 7 nitrogen and oxygen atoms in total.